The van der Waals surface area contributed by atoms with Crippen LogP contribution in [0.5, 0.6) is 5.88 Å². The van der Waals surface area contributed by atoms with E-state index in [0.717, 1.165) is 31.6 Å². The van der Waals surface area contributed by atoms with Gasteiger partial charge < -0.3 is 19.5 Å². The molecule has 0 spiro atoms. The van der Waals surface area contributed by atoms with E-state index >= 15 is 0 Å². The monoisotopic (exact) mass is 283 g/mol. The molecule has 1 heterocycles. The molecule has 0 saturated heterocycles. The van der Waals surface area contributed by atoms with E-state index in [2.05, 4.69) is 22.2 Å². The van der Waals surface area contributed by atoms with E-state index in [1.807, 2.05) is 6.92 Å². The lowest BCUT2D eigenvalue weighted by Crippen LogP contribution is -2.11. The van der Waals surface area contributed by atoms with E-state index in [9.17, 15) is 0 Å². The number of aromatic nitrogens is 2. The highest BCUT2D eigenvalue weighted by molar-refractivity contribution is 5.32. The van der Waals surface area contributed by atoms with Crippen molar-refractivity contribution in [2.75, 3.05) is 45.4 Å². The second-order valence-corrected chi connectivity index (χ2v) is 4.42. The van der Waals surface area contributed by atoms with Crippen LogP contribution < -0.4 is 10.1 Å². The molecule has 0 fully saturated rings. The van der Waals surface area contributed by atoms with Gasteiger partial charge in [0.2, 0.25) is 11.8 Å². The predicted octanol–water partition coefficient (Wildman–Crippen LogP) is 2.04. The van der Waals surface area contributed by atoms with E-state index in [4.69, 9.17) is 14.2 Å². The van der Waals surface area contributed by atoms with E-state index < -0.39 is 0 Å². The lowest BCUT2D eigenvalue weighted by atomic mass is 10.4. The number of ether oxygens (including phenoxy) is 3. The fourth-order valence-electron chi connectivity index (χ4n) is 1.50. The summed E-state index contributed by atoms with van der Waals surface area (Å²) in [6.07, 6.45) is 3.69. The molecule has 1 aromatic heterocycles. The van der Waals surface area contributed by atoms with E-state index in [0.29, 0.717) is 31.6 Å². The summed E-state index contributed by atoms with van der Waals surface area (Å²) in [5, 5.41) is 3.14. The van der Waals surface area contributed by atoms with Crippen molar-refractivity contribution in [3.63, 3.8) is 0 Å². The third-order valence-electron chi connectivity index (χ3n) is 2.56. The molecule has 6 heteroatoms. The molecule has 0 unspecified atom stereocenters. The van der Waals surface area contributed by atoms with Gasteiger partial charge in [0.25, 0.3) is 0 Å². The maximum absolute atomic E-state index is 5.62. The lowest BCUT2D eigenvalue weighted by molar-refractivity contribution is 0.0794. The molecule has 1 N–H and O–H groups in total. The highest BCUT2D eigenvalue weighted by atomic mass is 16.5. The Morgan fingerprint density at radius 2 is 2.05 bits per heavy atom. The predicted molar refractivity (Wildman–Crippen MR) is 78.4 cm³/mol. The van der Waals surface area contributed by atoms with E-state index in [1.165, 1.54) is 0 Å². The molecule has 0 aliphatic rings. The minimum absolute atomic E-state index is 0.484. The summed E-state index contributed by atoms with van der Waals surface area (Å²) in [6.45, 7) is 7.31. The lowest BCUT2D eigenvalue weighted by Gasteiger charge is -2.10. The van der Waals surface area contributed by atoms with Crippen LogP contribution in [-0.4, -0.2) is 50.1 Å². The molecule has 0 atom stereocenters. The summed E-state index contributed by atoms with van der Waals surface area (Å²) in [5.41, 5.74) is 0.923. The van der Waals surface area contributed by atoms with Crippen LogP contribution in [0.3, 0.4) is 0 Å². The Hall–Kier alpha value is -1.40. The fraction of sp³-hybridized carbons (Fsp3) is 0.714. The van der Waals surface area contributed by atoms with Gasteiger partial charge in [0, 0.05) is 38.6 Å². The van der Waals surface area contributed by atoms with Crippen LogP contribution in [-0.2, 0) is 9.47 Å². The van der Waals surface area contributed by atoms with Gasteiger partial charge in [-0.3, -0.25) is 0 Å². The normalized spacial score (nSPS) is 10.6. The molecule has 0 aliphatic heterocycles. The van der Waals surface area contributed by atoms with Crippen molar-refractivity contribution in [2.45, 2.75) is 26.7 Å². The molecule has 20 heavy (non-hydrogen) atoms. The third-order valence-corrected chi connectivity index (χ3v) is 2.56. The van der Waals surface area contributed by atoms with Crippen molar-refractivity contribution >= 4 is 5.95 Å². The molecule has 0 radical (unpaired) electrons. The number of hydrogen-bond acceptors (Lipinski definition) is 6. The van der Waals surface area contributed by atoms with Crippen LogP contribution in [0.25, 0.3) is 0 Å². The Morgan fingerprint density at radius 3 is 2.80 bits per heavy atom. The molecular weight excluding hydrogens is 258 g/mol. The molecule has 6 nitrogen and oxygen atoms in total. The summed E-state index contributed by atoms with van der Waals surface area (Å²) in [5.74, 6) is 1.22. The van der Waals surface area contributed by atoms with Gasteiger partial charge in [0.05, 0.1) is 6.61 Å². The molecule has 1 aromatic rings. The Labute approximate surface area is 120 Å². The zero-order valence-corrected chi connectivity index (χ0v) is 12.6. The maximum atomic E-state index is 5.62. The van der Waals surface area contributed by atoms with Gasteiger partial charge in [0.1, 0.15) is 6.61 Å². The van der Waals surface area contributed by atoms with Crippen molar-refractivity contribution < 1.29 is 14.2 Å². The minimum atomic E-state index is 0.484. The van der Waals surface area contributed by atoms with E-state index in [1.54, 1.807) is 13.3 Å². The number of nitrogens with zero attached hydrogens (tertiary/aromatic N) is 2. The van der Waals surface area contributed by atoms with Gasteiger partial charge in [0.15, 0.2) is 0 Å². The Bertz CT molecular complexity index is 375. The van der Waals surface area contributed by atoms with Crippen LogP contribution in [0.2, 0.25) is 0 Å². The largest absolute Gasteiger partial charge is 0.475 e. The number of methoxy groups -OCH3 is 1. The first-order valence-electron chi connectivity index (χ1n) is 7.05. The quantitative estimate of drug-likeness (QED) is 0.627. The van der Waals surface area contributed by atoms with Crippen LogP contribution >= 0.6 is 0 Å². The second kappa shape index (κ2) is 10.4. The molecular formula is C14H25N3O3. The first-order chi connectivity index (χ1) is 9.77. The molecule has 114 valence electrons. The van der Waals surface area contributed by atoms with Crippen LogP contribution in [0.1, 0.15) is 25.3 Å². The van der Waals surface area contributed by atoms with Crippen molar-refractivity contribution in [1.82, 2.24) is 9.97 Å². The molecule has 1 rings (SSSR count). The van der Waals surface area contributed by atoms with Crippen molar-refractivity contribution in [3.05, 3.63) is 11.8 Å². The fourth-order valence-corrected chi connectivity index (χ4v) is 1.50. The van der Waals surface area contributed by atoms with Gasteiger partial charge >= 0.3 is 0 Å². The summed E-state index contributed by atoms with van der Waals surface area (Å²) in [4.78, 5) is 8.54. The minimum Gasteiger partial charge on any atom is -0.475 e. The first kappa shape index (κ1) is 16.7. The molecule has 0 saturated carbocycles. The Balaban J connectivity index is 2.27. The molecule has 0 amide bonds. The average Bonchev–Trinajstić information content (AvgIpc) is 2.46. The van der Waals surface area contributed by atoms with Crippen LogP contribution in [0.4, 0.5) is 5.95 Å². The zero-order chi connectivity index (χ0) is 14.6. The third kappa shape index (κ3) is 6.68. The van der Waals surface area contributed by atoms with Crippen molar-refractivity contribution in [2.24, 2.45) is 0 Å². The number of aryl methyl sites for hydroxylation is 1. The van der Waals surface area contributed by atoms with Gasteiger partial charge in [-0.1, -0.05) is 6.92 Å². The number of rotatable bonds is 11. The smallest absolute Gasteiger partial charge is 0.225 e. The second-order valence-electron chi connectivity index (χ2n) is 4.42. The number of anilines is 1. The highest BCUT2D eigenvalue weighted by Crippen LogP contribution is 2.15. The Morgan fingerprint density at radius 1 is 1.20 bits per heavy atom. The SMILES string of the molecule is CCCNc1ncc(C)c(OCCOCCCOC)n1. The molecule has 0 aromatic carbocycles. The van der Waals surface area contributed by atoms with Crippen molar-refractivity contribution in [3.8, 4) is 5.88 Å². The van der Waals surface area contributed by atoms with Crippen LogP contribution in [0, 0.1) is 6.92 Å². The maximum Gasteiger partial charge on any atom is 0.225 e. The van der Waals surface area contributed by atoms with Gasteiger partial charge in [-0.15, -0.1) is 0 Å². The standard InChI is InChI=1S/C14H25N3O3/c1-4-6-15-14-16-11-12(2)13(17-14)20-10-9-19-8-5-7-18-3/h11H,4-10H2,1-3H3,(H,15,16,17). The summed E-state index contributed by atoms with van der Waals surface area (Å²) in [6, 6.07) is 0. The van der Waals surface area contributed by atoms with E-state index in [-0.39, 0.29) is 0 Å². The summed E-state index contributed by atoms with van der Waals surface area (Å²) < 4.78 is 16.0. The topological polar surface area (TPSA) is 65.5 Å². The van der Waals surface area contributed by atoms with Gasteiger partial charge in [-0.2, -0.15) is 4.98 Å². The van der Waals surface area contributed by atoms with Gasteiger partial charge in [-0.25, -0.2) is 4.98 Å². The molecule has 0 aliphatic carbocycles. The van der Waals surface area contributed by atoms with Crippen LogP contribution in [0.15, 0.2) is 6.20 Å². The first-order valence-corrected chi connectivity index (χ1v) is 7.05. The number of nitrogens with one attached hydrogen (secondary N) is 1. The zero-order valence-electron chi connectivity index (χ0n) is 12.6. The highest BCUT2D eigenvalue weighted by Gasteiger charge is 2.04. The Kier molecular flexibility index (Phi) is 8.66. The number of hydrogen-bond donors (Lipinski definition) is 1. The summed E-state index contributed by atoms with van der Waals surface area (Å²) in [7, 11) is 1.69. The molecule has 0 bridgehead atoms. The average molecular weight is 283 g/mol. The van der Waals surface area contributed by atoms with Crippen molar-refractivity contribution in [1.29, 1.82) is 0 Å². The van der Waals surface area contributed by atoms with Gasteiger partial charge in [-0.05, 0) is 19.8 Å². The summed E-state index contributed by atoms with van der Waals surface area (Å²) >= 11 is 0.